The van der Waals surface area contributed by atoms with E-state index in [1.807, 2.05) is 0 Å². The highest BCUT2D eigenvalue weighted by atomic mass is 19.4. The van der Waals surface area contributed by atoms with E-state index in [4.69, 9.17) is 0 Å². The standard InChI is InChI=1S/C28H24F5N5O/c1-15-11-17(3-7-20(15)27(39)36-19-5-6-19)25-14-35-26-24(34-10-9-28(31,32)33)13-23(37-38(25)26)16(2)21-12-18(29)4-8-22(21)30/h3-4,7-8,11-14,19,34H,2,5-6,9-10H2,1H3,(H,36,39). The number of rotatable bonds is 8. The van der Waals surface area contributed by atoms with Crippen molar-refractivity contribution in [3.8, 4) is 11.3 Å². The van der Waals surface area contributed by atoms with Crippen LogP contribution in [0.5, 0.6) is 0 Å². The van der Waals surface area contributed by atoms with Crippen LogP contribution in [-0.4, -0.2) is 39.3 Å². The van der Waals surface area contributed by atoms with Crippen molar-refractivity contribution in [1.29, 1.82) is 0 Å². The maximum atomic E-state index is 14.5. The number of nitrogens with zero attached hydrogens (tertiary/aromatic N) is 3. The number of carbonyl (C=O) groups excluding carboxylic acids is 1. The predicted molar refractivity (Wildman–Crippen MR) is 137 cm³/mol. The van der Waals surface area contributed by atoms with Crippen LogP contribution in [0.1, 0.15) is 46.4 Å². The molecule has 4 aromatic rings. The Morgan fingerprint density at radius 2 is 1.87 bits per heavy atom. The maximum absolute atomic E-state index is 14.5. The fourth-order valence-corrected chi connectivity index (χ4v) is 4.22. The van der Waals surface area contributed by atoms with Gasteiger partial charge in [0.2, 0.25) is 0 Å². The number of anilines is 1. The normalized spacial score (nSPS) is 13.5. The van der Waals surface area contributed by atoms with Gasteiger partial charge in [0.15, 0.2) is 5.65 Å². The minimum atomic E-state index is -4.38. The Morgan fingerprint density at radius 3 is 2.56 bits per heavy atom. The van der Waals surface area contributed by atoms with E-state index in [9.17, 15) is 26.7 Å². The summed E-state index contributed by atoms with van der Waals surface area (Å²) in [7, 11) is 0. The zero-order valence-electron chi connectivity index (χ0n) is 20.9. The Bertz CT molecular complexity index is 1590. The molecule has 2 N–H and O–H groups in total. The van der Waals surface area contributed by atoms with Gasteiger partial charge in [-0.2, -0.15) is 18.3 Å². The Balaban J connectivity index is 1.57. The van der Waals surface area contributed by atoms with Crippen LogP contribution in [0.2, 0.25) is 0 Å². The monoisotopic (exact) mass is 541 g/mol. The van der Waals surface area contributed by atoms with Gasteiger partial charge in [-0.05, 0) is 61.7 Å². The summed E-state index contributed by atoms with van der Waals surface area (Å²) in [5.74, 6) is -1.57. The second-order valence-corrected chi connectivity index (χ2v) is 9.49. The number of benzene rings is 2. The number of hydrogen-bond donors (Lipinski definition) is 2. The number of aromatic nitrogens is 3. The average Bonchev–Trinajstić information content (AvgIpc) is 3.58. The molecule has 0 aliphatic heterocycles. The Hall–Kier alpha value is -4.28. The summed E-state index contributed by atoms with van der Waals surface area (Å²) in [6.45, 7) is 5.23. The molecule has 202 valence electrons. The van der Waals surface area contributed by atoms with E-state index in [2.05, 4.69) is 27.3 Å². The van der Waals surface area contributed by atoms with Crippen LogP contribution in [0.3, 0.4) is 0 Å². The van der Waals surface area contributed by atoms with E-state index in [1.165, 1.54) is 16.8 Å². The second-order valence-electron chi connectivity index (χ2n) is 9.49. The number of alkyl halides is 3. The summed E-state index contributed by atoms with van der Waals surface area (Å²) in [4.78, 5) is 16.9. The average molecular weight is 542 g/mol. The van der Waals surface area contributed by atoms with Gasteiger partial charge in [-0.25, -0.2) is 18.3 Å². The quantitative estimate of drug-likeness (QED) is 0.257. The third kappa shape index (κ3) is 5.76. The van der Waals surface area contributed by atoms with Crippen molar-refractivity contribution in [2.45, 2.75) is 38.4 Å². The summed E-state index contributed by atoms with van der Waals surface area (Å²) in [5, 5.41) is 10.2. The molecular formula is C28H24F5N5O. The second kappa shape index (κ2) is 10.1. The van der Waals surface area contributed by atoms with Gasteiger partial charge in [-0.15, -0.1) is 0 Å². The van der Waals surface area contributed by atoms with Crippen LogP contribution in [0.25, 0.3) is 22.5 Å². The largest absolute Gasteiger partial charge is 0.390 e. The number of nitrogens with one attached hydrogen (secondary N) is 2. The fourth-order valence-electron chi connectivity index (χ4n) is 4.22. The van der Waals surface area contributed by atoms with E-state index in [0.29, 0.717) is 22.4 Å². The lowest BCUT2D eigenvalue weighted by Crippen LogP contribution is -2.26. The zero-order chi connectivity index (χ0) is 27.9. The Labute approximate surface area is 220 Å². The van der Waals surface area contributed by atoms with E-state index in [-0.39, 0.29) is 40.1 Å². The number of carbonyl (C=O) groups is 1. The van der Waals surface area contributed by atoms with Gasteiger partial charge in [0.1, 0.15) is 11.6 Å². The van der Waals surface area contributed by atoms with Crippen LogP contribution in [0.4, 0.5) is 27.6 Å². The van der Waals surface area contributed by atoms with E-state index in [1.54, 1.807) is 25.1 Å². The molecule has 0 bridgehead atoms. The first-order valence-corrected chi connectivity index (χ1v) is 12.3. The molecule has 0 radical (unpaired) electrons. The molecule has 1 aliphatic rings. The van der Waals surface area contributed by atoms with Crippen molar-refractivity contribution >= 4 is 22.8 Å². The molecule has 0 unspecified atom stereocenters. The topological polar surface area (TPSA) is 71.3 Å². The van der Waals surface area contributed by atoms with Crippen molar-refractivity contribution in [3.05, 3.63) is 89.3 Å². The highest BCUT2D eigenvalue weighted by Crippen LogP contribution is 2.31. The summed E-state index contributed by atoms with van der Waals surface area (Å²) in [5.41, 5.74) is 2.83. The fraction of sp³-hybridized carbons (Fsp3) is 0.250. The van der Waals surface area contributed by atoms with Gasteiger partial charge < -0.3 is 10.6 Å². The molecular weight excluding hydrogens is 517 g/mol. The lowest BCUT2D eigenvalue weighted by Gasteiger charge is -2.14. The molecule has 0 saturated heterocycles. The van der Waals surface area contributed by atoms with Gasteiger partial charge in [0.05, 0.1) is 29.7 Å². The first-order chi connectivity index (χ1) is 18.5. The number of hydrogen-bond acceptors (Lipinski definition) is 4. The smallest absolute Gasteiger partial charge is 0.382 e. The van der Waals surface area contributed by atoms with Crippen LogP contribution in [0.15, 0.2) is 55.2 Å². The number of aryl methyl sites for hydroxylation is 1. The number of halogens is 5. The molecule has 1 fully saturated rings. The summed E-state index contributed by atoms with van der Waals surface area (Å²) >= 11 is 0. The molecule has 11 heteroatoms. The minimum Gasteiger partial charge on any atom is -0.382 e. The first kappa shape index (κ1) is 26.3. The lowest BCUT2D eigenvalue weighted by molar-refractivity contribution is -0.131. The summed E-state index contributed by atoms with van der Waals surface area (Å²) in [6, 6.07) is 9.73. The Morgan fingerprint density at radius 1 is 1.10 bits per heavy atom. The Kier molecular flexibility index (Phi) is 6.83. The third-order valence-corrected chi connectivity index (χ3v) is 6.43. The van der Waals surface area contributed by atoms with Gasteiger partial charge in [-0.1, -0.05) is 12.6 Å². The molecule has 1 amide bonds. The predicted octanol–water partition coefficient (Wildman–Crippen LogP) is 6.30. The molecule has 2 heterocycles. The summed E-state index contributed by atoms with van der Waals surface area (Å²) in [6.07, 6.45) is -2.04. The zero-order valence-corrected chi connectivity index (χ0v) is 20.9. The number of fused-ring (bicyclic) bond motifs is 1. The van der Waals surface area contributed by atoms with Gasteiger partial charge >= 0.3 is 6.18 Å². The van der Waals surface area contributed by atoms with Crippen molar-refractivity contribution in [2.75, 3.05) is 11.9 Å². The van der Waals surface area contributed by atoms with E-state index >= 15 is 0 Å². The maximum Gasteiger partial charge on any atom is 0.390 e. The minimum absolute atomic E-state index is 0.0377. The number of imidazole rings is 1. The van der Waals surface area contributed by atoms with Crippen LogP contribution in [-0.2, 0) is 0 Å². The molecule has 2 aromatic carbocycles. The van der Waals surface area contributed by atoms with Gasteiger partial charge in [0, 0.05) is 34.9 Å². The van der Waals surface area contributed by atoms with Crippen molar-refractivity contribution in [1.82, 2.24) is 19.9 Å². The van der Waals surface area contributed by atoms with Gasteiger partial charge in [0.25, 0.3) is 5.91 Å². The van der Waals surface area contributed by atoms with Crippen molar-refractivity contribution < 1.29 is 26.7 Å². The van der Waals surface area contributed by atoms with E-state index < -0.39 is 30.8 Å². The first-order valence-electron chi connectivity index (χ1n) is 12.3. The SMILES string of the molecule is C=C(c1cc(NCCC(F)(F)F)c2ncc(-c3ccc(C(=O)NC4CC4)c(C)c3)n2n1)c1cc(F)ccc1F. The molecule has 1 aliphatic carbocycles. The van der Waals surface area contributed by atoms with Crippen LogP contribution < -0.4 is 10.6 Å². The van der Waals surface area contributed by atoms with Crippen LogP contribution >= 0.6 is 0 Å². The lowest BCUT2D eigenvalue weighted by atomic mass is 10.0. The van der Waals surface area contributed by atoms with Gasteiger partial charge in [-0.3, -0.25) is 4.79 Å². The molecule has 0 atom stereocenters. The molecule has 2 aromatic heterocycles. The number of amides is 1. The highest BCUT2D eigenvalue weighted by Gasteiger charge is 2.27. The highest BCUT2D eigenvalue weighted by molar-refractivity contribution is 5.96. The van der Waals surface area contributed by atoms with Crippen LogP contribution in [0, 0.1) is 18.6 Å². The van der Waals surface area contributed by atoms with Crippen molar-refractivity contribution in [2.24, 2.45) is 0 Å². The molecule has 5 rings (SSSR count). The van der Waals surface area contributed by atoms with E-state index in [0.717, 1.165) is 31.0 Å². The third-order valence-electron chi connectivity index (χ3n) is 6.43. The molecule has 6 nitrogen and oxygen atoms in total. The van der Waals surface area contributed by atoms with Crippen molar-refractivity contribution in [3.63, 3.8) is 0 Å². The molecule has 1 saturated carbocycles. The summed E-state index contributed by atoms with van der Waals surface area (Å²) < 4.78 is 68.3. The molecule has 0 spiro atoms. The molecule has 39 heavy (non-hydrogen) atoms.